The van der Waals surface area contributed by atoms with Gasteiger partial charge in [-0.1, -0.05) is 21.0 Å². The summed E-state index contributed by atoms with van der Waals surface area (Å²) in [5, 5.41) is 17.7. The molecule has 7 heteroatoms. The van der Waals surface area contributed by atoms with Gasteiger partial charge in [-0.15, -0.1) is 5.11 Å². The van der Waals surface area contributed by atoms with Gasteiger partial charge in [-0.25, -0.2) is 4.79 Å². The van der Waals surface area contributed by atoms with Gasteiger partial charge in [-0.3, -0.25) is 0 Å². The Hall–Kier alpha value is -1.89. The first kappa shape index (κ1) is 12.6. The molecule has 0 aliphatic heterocycles. The Morgan fingerprint density at radius 3 is 2.89 bits per heavy atom. The standard InChI is InChI=1S/C11H11BrN4O2/c1-2-16-8-4-3-6(12)5-7(8)9(10(16)17)14-15-11(13)18/h3-5,17H,2H2,1H3,(H2,13,18). The van der Waals surface area contributed by atoms with Gasteiger partial charge in [0, 0.05) is 16.4 Å². The third kappa shape index (κ3) is 2.08. The Labute approximate surface area is 111 Å². The second-order valence-electron chi connectivity index (χ2n) is 3.62. The number of amides is 2. The van der Waals surface area contributed by atoms with Crippen LogP contribution in [0.3, 0.4) is 0 Å². The van der Waals surface area contributed by atoms with E-state index in [1.807, 2.05) is 19.1 Å². The Balaban J connectivity index is 2.74. The Bertz CT molecular complexity index is 648. The molecule has 1 aromatic heterocycles. The van der Waals surface area contributed by atoms with Crippen molar-refractivity contribution in [1.29, 1.82) is 0 Å². The summed E-state index contributed by atoms with van der Waals surface area (Å²) < 4.78 is 2.52. The molecule has 0 aliphatic rings. The van der Waals surface area contributed by atoms with E-state index in [1.165, 1.54) is 0 Å². The number of urea groups is 1. The lowest BCUT2D eigenvalue weighted by molar-refractivity contribution is 0.255. The third-order valence-electron chi connectivity index (χ3n) is 2.54. The minimum atomic E-state index is -0.901. The molecule has 0 atom stereocenters. The molecule has 1 aromatic carbocycles. The lowest BCUT2D eigenvalue weighted by atomic mass is 10.2. The molecule has 0 radical (unpaired) electrons. The summed E-state index contributed by atoms with van der Waals surface area (Å²) in [4.78, 5) is 10.6. The zero-order chi connectivity index (χ0) is 13.3. The van der Waals surface area contributed by atoms with Crippen LogP contribution in [-0.2, 0) is 6.54 Å². The Morgan fingerprint density at radius 2 is 2.28 bits per heavy atom. The number of carbonyl (C=O) groups excluding carboxylic acids is 1. The molecule has 0 aliphatic carbocycles. The molecule has 2 amide bonds. The van der Waals surface area contributed by atoms with E-state index in [0.717, 1.165) is 9.99 Å². The van der Waals surface area contributed by atoms with E-state index in [9.17, 15) is 9.90 Å². The molecule has 1 heterocycles. The van der Waals surface area contributed by atoms with Crippen LogP contribution in [0.15, 0.2) is 32.9 Å². The number of primary amides is 1. The number of nitrogens with zero attached hydrogens (tertiary/aromatic N) is 3. The summed E-state index contributed by atoms with van der Waals surface area (Å²) in [6, 6.07) is 4.62. The molecule has 0 saturated carbocycles. The predicted molar refractivity (Wildman–Crippen MR) is 71.1 cm³/mol. The van der Waals surface area contributed by atoms with E-state index in [-0.39, 0.29) is 11.6 Å². The van der Waals surface area contributed by atoms with Crippen LogP contribution in [0.1, 0.15) is 6.92 Å². The molecule has 3 N–H and O–H groups in total. The van der Waals surface area contributed by atoms with Crippen LogP contribution in [0, 0.1) is 0 Å². The minimum Gasteiger partial charge on any atom is -0.493 e. The summed E-state index contributed by atoms with van der Waals surface area (Å²) in [5.41, 5.74) is 5.97. The molecule has 6 nitrogen and oxygen atoms in total. The number of aryl methyl sites for hydroxylation is 1. The maximum absolute atomic E-state index is 10.6. The van der Waals surface area contributed by atoms with Gasteiger partial charge in [0.2, 0.25) is 5.88 Å². The van der Waals surface area contributed by atoms with E-state index in [0.29, 0.717) is 11.9 Å². The Morgan fingerprint density at radius 1 is 1.56 bits per heavy atom. The first-order valence-electron chi connectivity index (χ1n) is 5.26. The predicted octanol–water partition coefficient (Wildman–Crippen LogP) is 3.29. The van der Waals surface area contributed by atoms with Gasteiger partial charge >= 0.3 is 6.03 Å². The number of aromatic nitrogens is 1. The molecule has 0 bridgehead atoms. The normalized spacial score (nSPS) is 11.4. The molecule has 0 unspecified atom stereocenters. The molecule has 94 valence electrons. The number of benzene rings is 1. The largest absolute Gasteiger partial charge is 0.493 e. The average Bonchev–Trinajstić information content (AvgIpc) is 2.57. The highest BCUT2D eigenvalue weighted by molar-refractivity contribution is 9.10. The van der Waals surface area contributed by atoms with Crippen molar-refractivity contribution < 1.29 is 9.90 Å². The molecule has 18 heavy (non-hydrogen) atoms. The van der Waals surface area contributed by atoms with Gasteiger partial charge in [0.05, 0.1) is 5.52 Å². The van der Waals surface area contributed by atoms with Gasteiger partial charge in [0.25, 0.3) is 0 Å². The van der Waals surface area contributed by atoms with Gasteiger partial charge in [-0.2, -0.15) is 0 Å². The van der Waals surface area contributed by atoms with Crippen molar-refractivity contribution in [3.8, 4) is 5.88 Å². The van der Waals surface area contributed by atoms with E-state index in [1.54, 1.807) is 10.6 Å². The van der Waals surface area contributed by atoms with Crippen molar-refractivity contribution >= 4 is 38.6 Å². The lowest BCUT2D eigenvalue weighted by Gasteiger charge is -2.01. The highest BCUT2D eigenvalue weighted by Gasteiger charge is 2.15. The fraction of sp³-hybridized carbons (Fsp3) is 0.182. The summed E-state index contributed by atoms with van der Waals surface area (Å²) in [7, 11) is 0. The summed E-state index contributed by atoms with van der Waals surface area (Å²) in [6.45, 7) is 2.48. The number of rotatable bonds is 2. The monoisotopic (exact) mass is 310 g/mol. The van der Waals surface area contributed by atoms with Gasteiger partial charge in [0.1, 0.15) is 0 Å². The molecule has 2 aromatic rings. The van der Waals surface area contributed by atoms with E-state index in [2.05, 4.69) is 26.2 Å². The SMILES string of the molecule is CCn1c(O)c(N=NC(N)=O)c2cc(Br)ccc21. The second kappa shape index (κ2) is 4.77. The smallest absolute Gasteiger partial charge is 0.356 e. The van der Waals surface area contributed by atoms with Gasteiger partial charge in [0.15, 0.2) is 5.69 Å². The van der Waals surface area contributed by atoms with Crippen molar-refractivity contribution in [1.82, 2.24) is 4.57 Å². The molecule has 2 rings (SSSR count). The fourth-order valence-electron chi connectivity index (χ4n) is 1.81. The quantitative estimate of drug-likeness (QED) is 0.833. The molecule has 0 spiro atoms. The van der Waals surface area contributed by atoms with Crippen LogP contribution in [0.25, 0.3) is 10.9 Å². The summed E-state index contributed by atoms with van der Waals surface area (Å²) >= 11 is 3.35. The van der Waals surface area contributed by atoms with Crippen LogP contribution >= 0.6 is 15.9 Å². The van der Waals surface area contributed by atoms with Crippen molar-refractivity contribution in [2.75, 3.05) is 0 Å². The van der Waals surface area contributed by atoms with Crippen LogP contribution in [-0.4, -0.2) is 15.7 Å². The number of fused-ring (bicyclic) bond motifs is 1. The van der Waals surface area contributed by atoms with E-state index < -0.39 is 6.03 Å². The zero-order valence-corrected chi connectivity index (χ0v) is 11.2. The van der Waals surface area contributed by atoms with Crippen molar-refractivity contribution in [3.63, 3.8) is 0 Å². The van der Waals surface area contributed by atoms with Crippen molar-refractivity contribution in [3.05, 3.63) is 22.7 Å². The highest BCUT2D eigenvalue weighted by atomic mass is 79.9. The van der Waals surface area contributed by atoms with Crippen LogP contribution in [0.4, 0.5) is 10.5 Å². The second-order valence-corrected chi connectivity index (χ2v) is 4.53. The van der Waals surface area contributed by atoms with Crippen LogP contribution in [0.2, 0.25) is 0 Å². The van der Waals surface area contributed by atoms with Gasteiger partial charge in [-0.05, 0) is 25.1 Å². The first-order valence-corrected chi connectivity index (χ1v) is 6.05. The van der Waals surface area contributed by atoms with Crippen LogP contribution in [0.5, 0.6) is 5.88 Å². The maximum atomic E-state index is 10.6. The third-order valence-corrected chi connectivity index (χ3v) is 3.03. The molecule has 0 saturated heterocycles. The first-order chi connectivity index (χ1) is 8.54. The number of aromatic hydroxyl groups is 1. The van der Waals surface area contributed by atoms with E-state index in [4.69, 9.17) is 5.73 Å². The minimum absolute atomic E-state index is 0.0319. The van der Waals surface area contributed by atoms with Crippen LogP contribution < -0.4 is 5.73 Å². The summed E-state index contributed by atoms with van der Waals surface area (Å²) in [6.07, 6.45) is 0. The van der Waals surface area contributed by atoms with Crippen molar-refractivity contribution in [2.45, 2.75) is 13.5 Å². The number of halogens is 1. The zero-order valence-electron chi connectivity index (χ0n) is 9.59. The molecule has 0 fully saturated rings. The topological polar surface area (TPSA) is 93.0 Å². The average molecular weight is 311 g/mol. The Kier molecular flexibility index (Phi) is 3.33. The number of nitrogens with two attached hydrogens (primary N) is 1. The maximum Gasteiger partial charge on any atom is 0.356 e. The number of azo groups is 1. The van der Waals surface area contributed by atoms with Gasteiger partial charge < -0.3 is 15.4 Å². The number of hydrogen-bond donors (Lipinski definition) is 2. The molecular formula is C11H11BrN4O2. The lowest BCUT2D eigenvalue weighted by Crippen LogP contribution is -2.01. The van der Waals surface area contributed by atoms with E-state index >= 15 is 0 Å². The highest BCUT2D eigenvalue weighted by Crippen LogP contribution is 2.39. The van der Waals surface area contributed by atoms with Crippen molar-refractivity contribution in [2.24, 2.45) is 16.0 Å². The fourth-order valence-corrected chi connectivity index (χ4v) is 2.17. The number of hydrogen-bond acceptors (Lipinski definition) is 3. The molecular weight excluding hydrogens is 300 g/mol. The number of carbonyl (C=O) groups is 1. The summed E-state index contributed by atoms with van der Waals surface area (Å²) in [5.74, 6) is -0.0319.